The van der Waals surface area contributed by atoms with Crippen molar-refractivity contribution in [3.05, 3.63) is 30.0 Å². The highest BCUT2D eigenvalue weighted by Crippen LogP contribution is 2.22. The minimum Gasteiger partial charge on any atom is -0.497 e. The number of unbranched alkanes of at least 4 members (excludes halogenated alkanes) is 2. The fourth-order valence-electron chi connectivity index (χ4n) is 2.12. The third-order valence-electron chi connectivity index (χ3n) is 3.35. The van der Waals surface area contributed by atoms with E-state index < -0.39 is 0 Å². The molecule has 4 N–H and O–H groups in total. The number of aliphatic imine (C=N–C) groups is 1. The first-order valence-corrected chi connectivity index (χ1v) is 7.48. The number of hydrogen-bond donors (Lipinski definition) is 3. The van der Waals surface area contributed by atoms with Crippen molar-refractivity contribution in [1.82, 2.24) is 10.4 Å². The van der Waals surface area contributed by atoms with Crippen LogP contribution < -0.4 is 15.9 Å². The fraction of sp³-hybridized carbons (Fsp3) is 0.375. The van der Waals surface area contributed by atoms with E-state index in [-0.39, 0.29) is 0 Å². The second-order valence-corrected chi connectivity index (χ2v) is 5.00. The number of aromatic amines is 1. The third kappa shape index (κ3) is 4.25. The van der Waals surface area contributed by atoms with Gasteiger partial charge in [-0.2, -0.15) is 5.10 Å². The summed E-state index contributed by atoms with van der Waals surface area (Å²) in [6.07, 6.45) is 6.99. The van der Waals surface area contributed by atoms with Crippen LogP contribution in [0.2, 0.25) is 0 Å². The van der Waals surface area contributed by atoms with Crippen LogP contribution in [0.25, 0.3) is 10.9 Å². The lowest BCUT2D eigenvalue weighted by Gasteiger charge is -2.00. The summed E-state index contributed by atoms with van der Waals surface area (Å²) in [6.45, 7) is 2.89. The summed E-state index contributed by atoms with van der Waals surface area (Å²) in [5, 5.41) is 5.17. The van der Waals surface area contributed by atoms with Crippen molar-refractivity contribution in [2.75, 3.05) is 13.7 Å². The molecule has 0 radical (unpaired) electrons. The van der Waals surface area contributed by atoms with Crippen molar-refractivity contribution in [3.8, 4) is 5.75 Å². The zero-order chi connectivity index (χ0) is 15.8. The van der Waals surface area contributed by atoms with Gasteiger partial charge in [-0.1, -0.05) is 19.8 Å². The second-order valence-electron chi connectivity index (χ2n) is 5.00. The topological polar surface area (TPSA) is 87.8 Å². The zero-order valence-electron chi connectivity index (χ0n) is 13.1. The summed E-state index contributed by atoms with van der Waals surface area (Å²) in [5.41, 5.74) is 10.5. The van der Waals surface area contributed by atoms with Gasteiger partial charge in [-0.25, -0.2) is 5.43 Å². The monoisotopic (exact) mass is 304 g/mol. The maximum Gasteiger partial charge on any atom is 0.209 e. The molecule has 118 valence electrons. The zero-order valence-corrected chi connectivity index (χ0v) is 13.1. The Morgan fingerprint density at radius 3 is 3.05 bits per heavy atom. The van der Waals surface area contributed by atoms with E-state index in [1.807, 2.05) is 24.4 Å². The number of methoxy groups -OCH3 is 1. The molecular weight excluding hydrogens is 281 g/mol. The molecule has 1 aromatic heterocycles. The first-order chi connectivity index (χ1) is 10.7. The van der Waals surface area contributed by atoms with Gasteiger partial charge in [0, 0.05) is 29.2 Å². The van der Waals surface area contributed by atoms with Crippen LogP contribution in [-0.4, -0.2) is 30.8 Å². The van der Waals surface area contributed by atoms with Crippen molar-refractivity contribution in [2.45, 2.75) is 26.2 Å². The Bertz CT molecular complexity index is 660. The number of guanidine groups is 1. The number of nitrogens with two attached hydrogens (primary N) is 1. The normalized spacial score (nSPS) is 12.2. The Labute approximate surface area is 130 Å². The number of benzene rings is 1. The van der Waals surface area contributed by atoms with Gasteiger partial charge in [0.2, 0.25) is 5.96 Å². The molecule has 6 nitrogen and oxygen atoms in total. The number of nitrogens with one attached hydrogen (secondary N) is 2. The average molecular weight is 304 g/mol. The van der Waals surface area contributed by atoms with Gasteiger partial charge in [0.05, 0.1) is 13.3 Å². The van der Waals surface area contributed by atoms with Crippen molar-refractivity contribution in [1.29, 1.82) is 0 Å². The molecule has 0 aliphatic rings. The summed E-state index contributed by atoms with van der Waals surface area (Å²) in [6, 6.07) is 5.86. The first-order valence-electron chi connectivity index (χ1n) is 7.48. The first kappa shape index (κ1) is 15.9. The van der Waals surface area contributed by atoms with Crippen molar-refractivity contribution in [3.63, 3.8) is 0 Å². The van der Waals surface area contributed by atoms with E-state index in [4.69, 9.17) is 10.5 Å². The number of nitrogens with zero attached hydrogens (tertiary/aromatic N) is 2. The molecule has 0 unspecified atom stereocenters. The number of rotatable bonds is 7. The molecule has 0 aliphatic heterocycles. The van der Waals surface area contributed by atoms with Crippen LogP contribution in [0.3, 0.4) is 0 Å². The Hall–Kier alpha value is -2.50. The maximum absolute atomic E-state index is 5.75. The van der Waals surface area contributed by atoms with E-state index in [9.17, 15) is 0 Å². The lowest BCUT2D eigenvalue weighted by molar-refractivity contribution is 0.415. The van der Waals surface area contributed by atoms with Gasteiger partial charge < -0.3 is 15.5 Å². The van der Waals surface area contributed by atoms with Gasteiger partial charge in [-0.3, -0.25) is 4.99 Å². The van der Waals surface area contributed by atoms with Crippen LogP contribution in [0.4, 0.5) is 0 Å². The molecule has 0 amide bonds. The predicted octanol–water partition coefficient (Wildman–Crippen LogP) is 2.60. The Balaban J connectivity index is 1.98. The number of aromatic nitrogens is 1. The van der Waals surface area contributed by atoms with Gasteiger partial charge in [0.25, 0.3) is 0 Å². The molecule has 0 bridgehead atoms. The lowest BCUT2D eigenvalue weighted by Crippen LogP contribution is -2.27. The van der Waals surface area contributed by atoms with Crippen molar-refractivity contribution < 1.29 is 4.74 Å². The molecule has 0 fully saturated rings. The predicted molar refractivity (Wildman–Crippen MR) is 91.6 cm³/mol. The highest BCUT2D eigenvalue weighted by molar-refractivity contribution is 5.99. The standard InChI is InChI=1S/C16H23N5O/c1-3-4-5-8-18-16(17)21-20-11-12-10-19-15-7-6-13(22-2)9-14(12)15/h6-7,9-11,19H,3-5,8H2,1-2H3,(H3,17,18,21)/b20-11+/i17+1,20+1,21+1. The molecule has 0 saturated heterocycles. The highest BCUT2D eigenvalue weighted by atomic mass is 16.5. The minimum atomic E-state index is 0.338. The van der Waals surface area contributed by atoms with E-state index in [2.05, 4.69) is 27.4 Å². The molecule has 2 rings (SSSR count). The lowest BCUT2D eigenvalue weighted by atomic mass is 10.2. The number of H-pyrrole nitrogens is 1. The highest BCUT2D eigenvalue weighted by Gasteiger charge is 2.03. The van der Waals surface area contributed by atoms with Crippen LogP contribution in [0.1, 0.15) is 31.7 Å². The molecule has 1 aromatic carbocycles. The molecule has 22 heavy (non-hydrogen) atoms. The molecular formula is C16H23N5O. The summed E-state index contributed by atoms with van der Waals surface area (Å²) in [5.74, 6) is 1.15. The fourth-order valence-corrected chi connectivity index (χ4v) is 2.12. The molecule has 0 aliphatic carbocycles. The Morgan fingerprint density at radius 2 is 2.27 bits per heavy atom. The minimum absolute atomic E-state index is 0.338. The molecule has 0 saturated carbocycles. The summed E-state index contributed by atoms with van der Waals surface area (Å²) in [7, 11) is 1.65. The van der Waals surface area contributed by atoms with E-state index in [0.29, 0.717) is 5.96 Å². The molecule has 0 atom stereocenters. The molecule has 2 aromatic rings. The number of fused-ring (bicyclic) bond motifs is 1. The Kier molecular flexibility index (Phi) is 5.82. The van der Waals surface area contributed by atoms with Crippen LogP contribution in [0.5, 0.6) is 5.75 Å². The van der Waals surface area contributed by atoms with E-state index in [0.717, 1.165) is 41.6 Å². The Morgan fingerprint density at radius 1 is 1.41 bits per heavy atom. The maximum atomic E-state index is 5.75. The number of hydrogen-bond acceptors (Lipinski definition) is 3. The van der Waals surface area contributed by atoms with Crippen molar-refractivity contribution >= 4 is 23.1 Å². The molecule has 6 heteroatoms. The second kappa shape index (κ2) is 8.07. The third-order valence-corrected chi connectivity index (χ3v) is 3.35. The average Bonchev–Trinajstić information content (AvgIpc) is 2.94. The van der Waals surface area contributed by atoms with Crippen molar-refractivity contribution in [2.24, 2.45) is 15.8 Å². The van der Waals surface area contributed by atoms with Gasteiger partial charge in [0.1, 0.15) is 5.75 Å². The van der Waals surface area contributed by atoms with Gasteiger partial charge in [-0.05, 0) is 24.6 Å². The van der Waals surface area contributed by atoms with Crippen LogP contribution >= 0.6 is 0 Å². The van der Waals surface area contributed by atoms with E-state index >= 15 is 0 Å². The SMILES string of the molecule is CCCCCN=C([15NH2])[15NH]/[15N]=C/c1c[nH]c2ccc(OC)cc12. The van der Waals surface area contributed by atoms with Gasteiger partial charge in [0.15, 0.2) is 0 Å². The number of hydrazone groups is 1. The quantitative estimate of drug-likeness (QED) is 0.241. The van der Waals surface area contributed by atoms with E-state index in [1.54, 1.807) is 13.3 Å². The summed E-state index contributed by atoms with van der Waals surface area (Å²) < 4.78 is 5.24. The van der Waals surface area contributed by atoms with E-state index in [1.165, 1.54) is 6.42 Å². The van der Waals surface area contributed by atoms with Gasteiger partial charge in [-0.15, -0.1) is 0 Å². The number of ether oxygens (including phenoxy) is 1. The van der Waals surface area contributed by atoms with Crippen LogP contribution in [0, 0.1) is 0 Å². The summed E-state index contributed by atoms with van der Waals surface area (Å²) >= 11 is 0. The molecule has 1 heterocycles. The van der Waals surface area contributed by atoms with Crippen LogP contribution in [-0.2, 0) is 0 Å². The van der Waals surface area contributed by atoms with Gasteiger partial charge >= 0.3 is 0 Å². The van der Waals surface area contributed by atoms with Crippen LogP contribution in [0.15, 0.2) is 34.5 Å². The molecule has 0 spiro atoms. The smallest absolute Gasteiger partial charge is 0.209 e. The largest absolute Gasteiger partial charge is 0.497 e. The summed E-state index contributed by atoms with van der Waals surface area (Å²) in [4.78, 5) is 7.40.